The fourth-order valence-corrected chi connectivity index (χ4v) is 2.03. The number of nitrogens with zero attached hydrogens (tertiary/aromatic N) is 6. The van der Waals surface area contributed by atoms with Gasteiger partial charge < -0.3 is 15.4 Å². The van der Waals surface area contributed by atoms with E-state index in [4.69, 9.17) is 10.5 Å². The lowest BCUT2D eigenvalue weighted by Gasteiger charge is -2.27. The van der Waals surface area contributed by atoms with Gasteiger partial charge in [-0.2, -0.15) is 4.98 Å². The van der Waals surface area contributed by atoms with Gasteiger partial charge in [0.25, 0.3) is 0 Å². The van der Waals surface area contributed by atoms with E-state index >= 15 is 0 Å². The lowest BCUT2D eigenvalue weighted by atomic mass is 10.2. The van der Waals surface area contributed by atoms with Crippen LogP contribution >= 0.6 is 0 Å². The van der Waals surface area contributed by atoms with Crippen molar-refractivity contribution in [3.05, 3.63) is 18.5 Å². The van der Waals surface area contributed by atoms with Gasteiger partial charge in [0.05, 0.1) is 18.9 Å². The molecule has 21 heavy (non-hydrogen) atoms. The molecule has 0 aliphatic carbocycles. The average Bonchev–Trinajstić information content (AvgIpc) is 2.56. The molecule has 1 saturated heterocycles. The summed E-state index contributed by atoms with van der Waals surface area (Å²) in [6, 6.07) is 1.74. The molecule has 0 radical (unpaired) electrons. The zero-order valence-corrected chi connectivity index (χ0v) is 11.4. The highest BCUT2D eigenvalue weighted by Gasteiger charge is 2.16. The van der Waals surface area contributed by atoms with Crippen LogP contribution in [-0.2, 0) is 4.74 Å². The van der Waals surface area contributed by atoms with Gasteiger partial charge in [-0.1, -0.05) is 0 Å². The predicted molar refractivity (Wildman–Crippen MR) is 79.7 cm³/mol. The van der Waals surface area contributed by atoms with E-state index in [0.717, 1.165) is 18.7 Å². The predicted octanol–water partition coefficient (Wildman–Crippen LogP) is 0.684. The Labute approximate surface area is 121 Å². The average molecular weight is 285 g/mol. The van der Waals surface area contributed by atoms with Crippen molar-refractivity contribution in [1.29, 1.82) is 0 Å². The van der Waals surface area contributed by atoms with Crippen LogP contribution in [0.3, 0.4) is 0 Å². The van der Waals surface area contributed by atoms with Crippen LogP contribution in [0.2, 0.25) is 0 Å². The van der Waals surface area contributed by atoms with E-state index < -0.39 is 0 Å². The van der Waals surface area contributed by atoms with Crippen molar-refractivity contribution in [3.8, 4) is 11.3 Å². The molecule has 3 rings (SSSR count). The maximum Gasteiger partial charge on any atom is 0.228 e. The van der Waals surface area contributed by atoms with Crippen LogP contribution in [0.1, 0.15) is 0 Å². The fourth-order valence-electron chi connectivity index (χ4n) is 2.03. The minimum atomic E-state index is 0.225. The Balaban J connectivity index is 1.99. The second-order valence-corrected chi connectivity index (χ2v) is 4.50. The van der Waals surface area contributed by atoms with Gasteiger partial charge in [0.2, 0.25) is 11.9 Å². The summed E-state index contributed by atoms with van der Waals surface area (Å²) in [4.78, 5) is 22.9. The zero-order chi connectivity index (χ0) is 14.7. The summed E-state index contributed by atoms with van der Waals surface area (Å²) in [5.41, 5.74) is 6.95. The molecule has 2 aromatic rings. The van der Waals surface area contributed by atoms with Crippen LogP contribution in [0.4, 0.5) is 17.7 Å². The number of nitrogen functional groups attached to an aromatic ring is 1. The Morgan fingerprint density at radius 1 is 1.19 bits per heavy atom. The SMILES string of the molecule is C=Nc1cc(-c2cnc(N)nc2)nc(N2CCOCC2)n1. The smallest absolute Gasteiger partial charge is 0.228 e. The molecule has 0 spiro atoms. The van der Waals surface area contributed by atoms with Crippen LogP contribution in [0.25, 0.3) is 11.3 Å². The molecule has 0 aromatic carbocycles. The number of aromatic nitrogens is 4. The number of ether oxygens (including phenoxy) is 1. The molecule has 0 amide bonds. The molecule has 1 fully saturated rings. The van der Waals surface area contributed by atoms with Gasteiger partial charge in [-0.25, -0.2) is 19.9 Å². The first kappa shape index (κ1) is 13.4. The highest BCUT2D eigenvalue weighted by molar-refractivity contribution is 5.63. The molecule has 1 aliphatic rings. The monoisotopic (exact) mass is 285 g/mol. The quantitative estimate of drug-likeness (QED) is 0.827. The van der Waals surface area contributed by atoms with E-state index in [1.165, 1.54) is 0 Å². The van der Waals surface area contributed by atoms with E-state index in [1.54, 1.807) is 18.5 Å². The molecule has 2 N–H and O–H groups in total. The number of morpholine rings is 1. The highest BCUT2D eigenvalue weighted by atomic mass is 16.5. The zero-order valence-electron chi connectivity index (χ0n) is 11.4. The van der Waals surface area contributed by atoms with Crippen molar-refractivity contribution in [2.45, 2.75) is 0 Å². The molecule has 8 heteroatoms. The van der Waals surface area contributed by atoms with Crippen molar-refractivity contribution in [1.82, 2.24) is 19.9 Å². The summed E-state index contributed by atoms with van der Waals surface area (Å²) >= 11 is 0. The molecule has 2 aromatic heterocycles. The number of rotatable bonds is 3. The lowest BCUT2D eigenvalue weighted by Crippen LogP contribution is -2.37. The van der Waals surface area contributed by atoms with E-state index in [0.29, 0.717) is 30.7 Å². The number of aliphatic imine (C=N–C) groups is 1. The Morgan fingerprint density at radius 2 is 1.90 bits per heavy atom. The summed E-state index contributed by atoms with van der Waals surface area (Å²) in [5, 5.41) is 0. The first-order valence-electron chi connectivity index (χ1n) is 6.52. The van der Waals surface area contributed by atoms with Crippen molar-refractivity contribution < 1.29 is 4.74 Å². The summed E-state index contributed by atoms with van der Waals surface area (Å²) in [7, 11) is 0. The molecule has 0 unspecified atom stereocenters. The molecule has 3 heterocycles. The third-order valence-corrected chi connectivity index (χ3v) is 3.12. The largest absolute Gasteiger partial charge is 0.378 e. The first-order chi connectivity index (χ1) is 10.3. The molecular weight excluding hydrogens is 270 g/mol. The number of hydrogen-bond acceptors (Lipinski definition) is 8. The number of nitrogens with two attached hydrogens (primary N) is 1. The van der Waals surface area contributed by atoms with E-state index in [-0.39, 0.29) is 5.95 Å². The van der Waals surface area contributed by atoms with Gasteiger partial charge in [0.1, 0.15) is 0 Å². The van der Waals surface area contributed by atoms with Crippen LogP contribution < -0.4 is 10.6 Å². The van der Waals surface area contributed by atoms with Gasteiger partial charge in [0, 0.05) is 37.1 Å². The van der Waals surface area contributed by atoms with Crippen LogP contribution in [0.15, 0.2) is 23.5 Å². The number of hydrogen-bond donors (Lipinski definition) is 1. The minimum absolute atomic E-state index is 0.225. The molecule has 0 bridgehead atoms. The van der Waals surface area contributed by atoms with Crippen molar-refractivity contribution in [3.63, 3.8) is 0 Å². The van der Waals surface area contributed by atoms with Crippen molar-refractivity contribution in [2.24, 2.45) is 4.99 Å². The molecular formula is C13H15N7O. The fraction of sp³-hybridized carbons (Fsp3) is 0.308. The normalized spacial score (nSPS) is 15.0. The van der Waals surface area contributed by atoms with Crippen molar-refractivity contribution >= 4 is 24.4 Å². The molecule has 108 valence electrons. The molecule has 8 nitrogen and oxygen atoms in total. The molecule has 0 saturated carbocycles. The Hall–Kier alpha value is -2.61. The van der Waals surface area contributed by atoms with E-state index in [9.17, 15) is 0 Å². The van der Waals surface area contributed by atoms with Gasteiger partial charge in [-0.05, 0) is 6.72 Å². The first-order valence-corrected chi connectivity index (χ1v) is 6.52. The highest BCUT2D eigenvalue weighted by Crippen LogP contribution is 2.23. The van der Waals surface area contributed by atoms with Crippen LogP contribution in [0, 0.1) is 0 Å². The Bertz CT molecular complexity index is 637. The van der Waals surface area contributed by atoms with Gasteiger partial charge in [-0.15, -0.1) is 0 Å². The second kappa shape index (κ2) is 5.80. The Kier molecular flexibility index (Phi) is 3.69. The lowest BCUT2D eigenvalue weighted by molar-refractivity contribution is 0.122. The van der Waals surface area contributed by atoms with E-state index in [2.05, 4.69) is 36.5 Å². The van der Waals surface area contributed by atoms with Gasteiger partial charge >= 0.3 is 0 Å². The summed E-state index contributed by atoms with van der Waals surface area (Å²) in [6.45, 7) is 6.35. The second-order valence-electron chi connectivity index (χ2n) is 4.50. The van der Waals surface area contributed by atoms with Crippen LogP contribution in [0.5, 0.6) is 0 Å². The third kappa shape index (κ3) is 2.95. The van der Waals surface area contributed by atoms with Crippen LogP contribution in [-0.4, -0.2) is 53.0 Å². The maximum atomic E-state index is 5.50. The summed E-state index contributed by atoms with van der Waals surface area (Å²) in [5.74, 6) is 1.34. The van der Waals surface area contributed by atoms with Gasteiger partial charge in [-0.3, -0.25) is 0 Å². The third-order valence-electron chi connectivity index (χ3n) is 3.12. The maximum absolute atomic E-state index is 5.50. The topological polar surface area (TPSA) is 102 Å². The molecule has 0 atom stereocenters. The molecule has 1 aliphatic heterocycles. The Morgan fingerprint density at radius 3 is 2.57 bits per heavy atom. The van der Waals surface area contributed by atoms with Crippen molar-refractivity contribution in [2.75, 3.05) is 36.9 Å². The minimum Gasteiger partial charge on any atom is -0.378 e. The number of anilines is 2. The van der Waals surface area contributed by atoms with E-state index in [1.807, 2.05) is 0 Å². The summed E-state index contributed by atoms with van der Waals surface area (Å²) < 4.78 is 5.34. The van der Waals surface area contributed by atoms with Gasteiger partial charge in [0.15, 0.2) is 5.82 Å². The summed E-state index contributed by atoms with van der Waals surface area (Å²) in [6.07, 6.45) is 3.25. The standard InChI is InChI=1S/C13H15N7O/c1-15-11-6-10(9-7-16-12(14)17-8-9)18-13(19-11)20-2-4-21-5-3-20/h6-8H,1-5H2,(H2,14,16,17).